The van der Waals surface area contributed by atoms with E-state index in [4.69, 9.17) is 9.47 Å². The van der Waals surface area contributed by atoms with Gasteiger partial charge in [0.1, 0.15) is 11.3 Å². The maximum absolute atomic E-state index is 13.0. The summed E-state index contributed by atoms with van der Waals surface area (Å²) in [6.07, 6.45) is 3.41. The smallest absolute Gasteiger partial charge is 0.410 e. The molecule has 0 aliphatic carbocycles. The van der Waals surface area contributed by atoms with Crippen LogP contribution < -0.4 is 0 Å². The number of likely N-dealkylation sites (tertiary alicyclic amines) is 1. The van der Waals surface area contributed by atoms with Crippen molar-refractivity contribution in [1.29, 1.82) is 0 Å². The minimum atomic E-state index is -0.528. The van der Waals surface area contributed by atoms with Gasteiger partial charge in [0, 0.05) is 44.8 Å². The zero-order valence-corrected chi connectivity index (χ0v) is 21.6. The number of fused-ring (bicyclic) bond motifs is 1. The minimum Gasteiger partial charge on any atom is -0.444 e. The molecule has 0 aromatic rings. The zero-order chi connectivity index (χ0) is 25.8. The van der Waals surface area contributed by atoms with Crippen molar-refractivity contribution in [2.75, 3.05) is 46.2 Å². The van der Waals surface area contributed by atoms with Gasteiger partial charge < -0.3 is 34.0 Å². The number of amides is 3. The van der Waals surface area contributed by atoms with Crippen LogP contribution in [0.4, 0.5) is 4.79 Å². The molecule has 2 saturated heterocycles. The van der Waals surface area contributed by atoms with Crippen molar-refractivity contribution in [1.82, 2.24) is 24.5 Å². The van der Waals surface area contributed by atoms with E-state index in [-0.39, 0.29) is 43.1 Å². The first-order chi connectivity index (χ1) is 16.5. The lowest BCUT2D eigenvalue weighted by atomic mass is 10.0. The molecular weight excluding hydrogens is 454 g/mol. The van der Waals surface area contributed by atoms with E-state index < -0.39 is 5.60 Å². The van der Waals surface area contributed by atoms with Crippen LogP contribution in [0.3, 0.4) is 0 Å². The summed E-state index contributed by atoms with van der Waals surface area (Å²) in [5.74, 6) is -0.391. The van der Waals surface area contributed by atoms with E-state index in [2.05, 4.69) is 0 Å². The van der Waals surface area contributed by atoms with Gasteiger partial charge in [-0.2, -0.15) is 0 Å². The Balaban J connectivity index is 1.43. The lowest BCUT2D eigenvalue weighted by Crippen LogP contribution is -2.49. The average molecular weight is 494 g/mol. The summed E-state index contributed by atoms with van der Waals surface area (Å²) in [6.45, 7) is 12.3. The standard InChI is InChI=1S/C24H39N5O6/c1-6-20(30)26(7-2)13-10-21(31)34-17-25-14-19-22(32)29(16-28(19)15-25)18-8-11-27(12-9-18)23(33)35-24(3,4)5/h14,18H,6-13,15-17H2,1-5H3. The third-order valence-electron chi connectivity index (χ3n) is 6.37. The van der Waals surface area contributed by atoms with Gasteiger partial charge in [0.25, 0.3) is 5.91 Å². The number of rotatable bonds is 8. The molecule has 0 N–H and O–H groups in total. The summed E-state index contributed by atoms with van der Waals surface area (Å²) in [5, 5.41) is 0. The van der Waals surface area contributed by atoms with Crippen molar-refractivity contribution < 1.29 is 28.7 Å². The normalized spacial score (nSPS) is 18.5. The van der Waals surface area contributed by atoms with Crippen LogP contribution in [0.1, 0.15) is 60.3 Å². The first-order valence-electron chi connectivity index (χ1n) is 12.5. The molecule has 3 aliphatic rings. The number of ether oxygens (including phenoxy) is 2. The Morgan fingerprint density at radius 2 is 1.80 bits per heavy atom. The van der Waals surface area contributed by atoms with E-state index in [0.29, 0.717) is 64.5 Å². The Morgan fingerprint density at radius 3 is 2.37 bits per heavy atom. The van der Waals surface area contributed by atoms with Gasteiger partial charge in [-0.3, -0.25) is 14.4 Å². The second-order valence-corrected chi connectivity index (χ2v) is 10.1. The van der Waals surface area contributed by atoms with Crippen molar-refractivity contribution in [2.24, 2.45) is 0 Å². The van der Waals surface area contributed by atoms with E-state index in [9.17, 15) is 19.2 Å². The molecule has 11 nitrogen and oxygen atoms in total. The number of carbonyl (C=O) groups is 4. The lowest BCUT2D eigenvalue weighted by Gasteiger charge is -2.37. The molecule has 11 heteroatoms. The molecule has 0 spiro atoms. The van der Waals surface area contributed by atoms with Gasteiger partial charge in [0.15, 0.2) is 6.73 Å². The third-order valence-corrected chi connectivity index (χ3v) is 6.37. The molecule has 0 aromatic heterocycles. The molecule has 2 fully saturated rings. The Kier molecular flexibility index (Phi) is 8.50. The summed E-state index contributed by atoms with van der Waals surface area (Å²) in [7, 11) is 0. The van der Waals surface area contributed by atoms with Crippen LogP contribution in [-0.2, 0) is 23.9 Å². The molecule has 3 amide bonds. The molecule has 196 valence electrons. The molecule has 3 heterocycles. The van der Waals surface area contributed by atoms with Crippen molar-refractivity contribution in [3.05, 3.63) is 11.9 Å². The Morgan fingerprint density at radius 1 is 1.11 bits per heavy atom. The Hall–Kier alpha value is -2.98. The van der Waals surface area contributed by atoms with Gasteiger partial charge in [-0.15, -0.1) is 0 Å². The fraction of sp³-hybridized carbons (Fsp3) is 0.750. The van der Waals surface area contributed by atoms with E-state index in [1.807, 2.05) is 37.5 Å². The van der Waals surface area contributed by atoms with Crippen LogP contribution in [0.5, 0.6) is 0 Å². The maximum atomic E-state index is 13.0. The second-order valence-electron chi connectivity index (χ2n) is 10.1. The van der Waals surface area contributed by atoms with Crippen molar-refractivity contribution in [3.63, 3.8) is 0 Å². The zero-order valence-electron chi connectivity index (χ0n) is 21.6. The predicted molar refractivity (Wildman–Crippen MR) is 127 cm³/mol. The largest absolute Gasteiger partial charge is 0.444 e. The summed E-state index contributed by atoms with van der Waals surface area (Å²) < 4.78 is 10.8. The van der Waals surface area contributed by atoms with E-state index >= 15 is 0 Å². The quantitative estimate of drug-likeness (QED) is 0.471. The number of hydrogen-bond acceptors (Lipinski definition) is 8. The highest BCUT2D eigenvalue weighted by molar-refractivity contribution is 5.95. The highest BCUT2D eigenvalue weighted by Crippen LogP contribution is 2.29. The highest BCUT2D eigenvalue weighted by atomic mass is 16.6. The first kappa shape index (κ1) is 26.6. The molecular formula is C24H39N5O6. The van der Waals surface area contributed by atoms with E-state index in [1.54, 1.807) is 27.8 Å². The van der Waals surface area contributed by atoms with Gasteiger partial charge in [0.2, 0.25) is 5.91 Å². The Bertz CT molecular complexity index is 846. The molecule has 0 saturated carbocycles. The van der Waals surface area contributed by atoms with Crippen LogP contribution in [0.15, 0.2) is 11.9 Å². The summed E-state index contributed by atoms with van der Waals surface area (Å²) >= 11 is 0. The second kappa shape index (κ2) is 11.2. The summed E-state index contributed by atoms with van der Waals surface area (Å²) in [6, 6.07) is 0.0753. The fourth-order valence-corrected chi connectivity index (χ4v) is 4.48. The predicted octanol–water partition coefficient (Wildman–Crippen LogP) is 1.75. The third kappa shape index (κ3) is 6.79. The maximum Gasteiger partial charge on any atom is 0.410 e. The van der Waals surface area contributed by atoms with Crippen molar-refractivity contribution in [2.45, 2.75) is 71.9 Å². The SMILES string of the molecule is CCC(=O)N(CC)CCC(=O)OCN1C=C2C(=O)N(C3CCN(C(=O)OC(C)(C)C)CC3)CN2C1. The number of nitrogens with zero attached hydrogens (tertiary/aromatic N) is 5. The first-order valence-corrected chi connectivity index (χ1v) is 12.5. The molecule has 0 aromatic carbocycles. The summed E-state index contributed by atoms with van der Waals surface area (Å²) in [5.41, 5.74) is 0.0709. The molecule has 0 bridgehead atoms. The summed E-state index contributed by atoms with van der Waals surface area (Å²) in [4.78, 5) is 58.2. The molecule has 0 atom stereocenters. The van der Waals surface area contributed by atoms with Gasteiger partial charge in [-0.05, 0) is 40.5 Å². The van der Waals surface area contributed by atoms with Crippen LogP contribution >= 0.6 is 0 Å². The van der Waals surface area contributed by atoms with Crippen molar-refractivity contribution in [3.8, 4) is 0 Å². The van der Waals surface area contributed by atoms with Gasteiger partial charge >= 0.3 is 12.1 Å². The molecule has 0 radical (unpaired) electrons. The highest BCUT2D eigenvalue weighted by Gasteiger charge is 2.42. The lowest BCUT2D eigenvalue weighted by molar-refractivity contribution is -0.148. The minimum absolute atomic E-state index is 0.0174. The van der Waals surface area contributed by atoms with Crippen LogP contribution in [0.25, 0.3) is 0 Å². The van der Waals surface area contributed by atoms with Gasteiger partial charge in [-0.25, -0.2) is 4.79 Å². The van der Waals surface area contributed by atoms with Gasteiger partial charge in [-0.1, -0.05) is 6.92 Å². The molecule has 35 heavy (non-hydrogen) atoms. The number of hydrogen-bond donors (Lipinski definition) is 0. The fourth-order valence-electron chi connectivity index (χ4n) is 4.48. The van der Waals surface area contributed by atoms with Crippen LogP contribution in [0, 0.1) is 0 Å². The van der Waals surface area contributed by atoms with Crippen LogP contribution in [0.2, 0.25) is 0 Å². The topological polar surface area (TPSA) is 103 Å². The van der Waals surface area contributed by atoms with Crippen molar-refractivity contribution >= 4 is 23.9 Å². The number of esters is 1. The molecule has 0 unspecified atom stereocenters. The Labute approximate surface area is 207 Å². The monoisotopic (exact) mass is 493 g/mol. The molecule has 3 aliphatic heterocycles. The van der Waals surface area contributed by atoms with E-state index in [1.165, 1.54) is 0 Å². The number of piperidine rings is 1. The number of carbonyl (C=O) groups excluding carboxylic acids is 4. The average Bonchev–Trinajstić information content (AvgIpc) is 3.35. The van der Waals surface area contributed by atoms with E-state index in [0.717, 1.165) is 0 Å². The molecule has 3 rings (SSSR count). The van der Waals surface area contributed by atoms with Crippen LogP contribution in [-0.4, -0.2) is 106 Å². The van der Waals surface area contributed by atoms with Gasteiger partial charge in [0.05, 0.1) is 19.8 Å².